The third-order valence-corrected chi connectivity index (χ3v) is 5.39. The van der Waals surface area contributed by atoms with E-state index < -0.39 is 0 Å². The summed E-state index contributed by atoms with van der Waals surface area (Å²) in [5, 5.41) is 3.54. The van der Waals surface area contributed by atoms with Crippen LogP contribution in [-0.4, -0.2) is 40.5 Å². The number of aryl methyl sites for hydroxylation is 1. The van der Waals surface area contributed by atoms with E-state index in [1.165, 1.54) is 25.7 Å². The van der Waals surface area contributed by atoms with Gasteiger partial charge in [-0.15, -0.1) is 0 Å². The Morgan fingerprint density at radius 1 is 1.29 bits per heavy atom. The van der Waals surface area contributed by atoms with Crippen LogP contribution in [0, 0.1) is 5.92 Å². The summed E-state index contributed by atoms with van der Waals surface area (Å²) < 4.78 is 0.881. The molecule has 0 aliphatic carbocycles. The van der Waals surface area contributed by atoms with Gasteiger partial charge in [-0.25, -0.2) is 9.97 Å². The van der Waals surface area contributed by atoms with Gasteiger partial charge in [-0.2, -0.15) is 0 Å². The van der Waals surface area contributed by atoms with E-state index in [-0.39, 0.29) is 0 Å². The second-order valence-electron chi connectivity index (χ2n) is 6.51. The van der Waals surface area contributed by atoms with Crippen LogP contribution in [0.4, 0.5) is 5.82 Å². The summed E-state index contributed by atoms with van der Waals surface area (Å²) in [5.41, 5.74) is 0. The molecule has 1 aromatic rings. The van der Waals surface area contributed by atoms with Crippen LogP contribution in [0.25, 0.3) is 0 Å². The fourth-order valence-electron chi connectivity index (χ4n) is 3.83. The highest BCUT2D eigenvalue weighted by Gasteiger charge is 2.38. The van der Waals surface area contributed by atoms with Crippen LogP contribution in [-0.2, 0) is 6.42 Å². The Bertz CT molecular complexity index is 479. The maximum Gasteiger partial charge on any atom is 0.132 e. The largest absolute Gasteiger partial charge is 0.370 e. The Morgan fingerprint density at radius 3 is 2.67 bits per heavy atom. The fraction of sp³-hybridized carbons (Fsp3) is 0.750. The zero-order chi connectivity index (χ0) is 14.8. The van der Waals surface area contributed by atoms with E-state index >= 15 is 0 Å². The van der Waals surface area contributed by atoms with E-state index in [2.05, 4.69) is 50.1 Å². The Kier molecular flexibility index (Phi) is 4.79. The molecule has 5 heteroatoms. The number of aromatic nitrogens is 2. The number of hydrogen-bond acceptors (Lipinski definition) is 4. The molecule has 2 fully saturated rings. The molecule has 21 heavy (non-hydrogen) atoms. The first-order chi connectivity index (χ1) is 10.2. The second-order valence-corrected chi connectivity index (χ2v) is 7.32. The summed E-state index contributed by atoms with van der Waals surface area (Å²) in [7, 11) is 2.30. The van der Waals surface area contributed by atoms with Gasteiger partial charge in [0.2, 0.25) is 0 Å². The quantitative estimate of drug-likeness (QED) is 0.823. The summed E-state index contributed by atoms with van der Waals surface area (Å²) >= 11 is 3.49. The number of hydrogen-bond donors (Lipinski definition) is 1. The van der Waals surface area contributed by atoms with E-state index in [4.69, 9.17) is 0 Å². The van der Waals surface area contributed by atoms with Gasteiger partial charge in [-0.3, -0.25) is 0 Å². The normalized spacial score (nSPS) is 28.8. The molecular formula is C16H25BrN4. The van der Waals surface area contributed by atoms with Crippen LogP contribution in [0.2, 0.25) is 0 Å². The molecule has 2 aliphatic heterocycles. The van der Waals surface area contributed by atoms with Crippen LogP contribution in [0.5, 0.6) is 0 Å². The maximum absolute atomic E-state index is 4.61. The first-order valence-corrected chi connectivity index (χ1v) is 8.94. The molecule has 3 heterocycles. The molecule has 3 rings (SSSR count). The van der Waals surface area contributed by atoms with Crippen molar-refractivity contribution in [2.75, 3.05) is 18.9 Å². The van der Waals surface area contributed by atoms with Crippen molar-refractivity contribution in [1.82, 2.24) is 14.9 Å². The highest BCUT2D eigenvalue weighted by molar-refractivity contribution is 9.10. The number of rotatable bonds is 5. The van der Waals surface area contributed by atoms with Crippen molar-refractivity contribution in [3.63, 3.8) is 0 Å². The Labute approximate surface area is 135 Å². The minimum absolute atomic E-state index is 0.780. The van der Waals surface area contributed by atoms with Gasteiger partial charge in [0.25, 0.3) is 0 Å². The Morgan fingerprint density at radius 2 is 2.00 bits per heavy atom. The predicted octanol–water partition coefficient (Wildman–Crippen LogP) is 3.48. The van der Waals surface area contributed by atoms with Crippen molar-refractivity contribution in [2.45, 2.75) is 57.5 Å². The summed E-state index contributed by atoms with van der Waals surface area (Å²) in [6.45, 7) is 3.20. The van der Waals surface area contributed by atoms with Gasteiger partial charge in [-0.1, -0.05) is 6.92 Å². The number of halogens is 1. The molecular weight excluding hydrogens is 328 g/mol. The lowest BCUT2D eigenvalue weighted by atomic mass is 9.91. The predicted molar refractivity (Wildman–Crippen MR) is 89.5 cm³/mol. The van der Waals surface area contributed by atoms with Gasteiger partial charge in [0.1, 0.15) is 16.2 Å². The van der Waals surface area contributed by atoms with E-state index in [9.17, 15) is 0 Å². The van der Waals surface area contributed by atoms with E-state index in [0.29, 0.717) is 0 Å². The minimum Gasteiger partial charge on any atom is -0.370 e. The zero-order valence-corrected chi connectivity index (χ0v) is 14.6. The number of nitrogens with zero attached hydrogens (tertiary/aromatic N) is 3. The van der Waals surface area contributed by atoms with Crippen LogP contribution >= 0.6 is 15.9 Å². The molecule has 1 N–H and O–H groups in total. The summed E-state index contributed by atoms with van der Waals surface area (Å²) in [4.78, 5) is 11.6. The SMILES string of the molecule is CCCc1nc(Br)cc(NCC2CC3CCC(C2)N3C)n1. The summed E-state index contributed by atoms with van der Waals surface area (Å²) in [6.07, 6.45) is 7.44. The lowest BCUT2D eigenvalue weighted by molar-refractivity contribution is 0.139. The van der Waals surface area contributed by atoms with Gasteiger partial charge in [0.05, 0.1) is 0 Å². The van der Waals surface area contributed by atoms with Crippen molar-refractivity contribution in [3.8, 4) is 0 Å². The molecule has 0 aromatic carbocycles. The van der Waals surface area contributed by atoms with Crippen molar-refractivity contribution in [1.29, 1.82) is 0 Å². The third-order valence-electron chi connectivity index (χ3n) is 4.98. The summed E-state index contributed by atoms with van der Waals surface area (Å²) in [5.74, 6) is 2.67. The number of anilines is 1. The molecule has 4 nitrogen and oxygen atoms in total. The third kappa shape index (κ3) is 3.57. The second kappa shape index (κ2) is 6.61. The van der Waals surface area contributed by atoms with Gasteiger partial charge < -0.3 is 10.2 Å². The number of fused-ring (bicyclic) bond motifs is 2. The van der Waals surface area contributed by atoms with Crippen molar-refractivity contribution >= 4 is 21.7 Å². The molecule has 1 aromatic heterocycles. The highest BCUT2D eigenvalue weighted by Crippen LogP contribution is 2.37. The first kappa shape index (κ1) is 15.2. The summed E-state index contributed by atoms with van der Waals surface area (Å²) in [6, 6.07) is 3.61. The Balaban J connectivity index is 1.58. The molecule has 0 spiro atoms. The molecule has 2 bridgehead atoms. The van der Waals surface area contributed by atoms with Crippen LogP contribution < -0.4 is 5.32 Å². The smallest absolute Gasteiger partial charge is 0.132 e. The minimum atomic E-state index is 0.780. The average Bonchev–Trinajstić information content (AvgIpc) is 2.67. The molecule has 0 amide bonds. The van der Waals surface area contributed by atoms with Gasteiger partial charge in [0, 0.05) is 31.1 Å². The van der Waals surface area contributed by atoms with E-state index in [0.717, 1.165) is 53.6 Å². The molecule has 2 saturated heterocycles. The highest BCUT2D eigenvalue weighted by atomic mass is 79.9. The Hall–Kier alpha value is -0.680. The standard InChI is InChI=1S/C16H25BrN4/c1-3-4-15-19-14(17)9-16(20-15)18-10-11-7-12-5-6-13(8-11)21(12)2/h9,11-13H,3-8,10H2,1-2H3,(H,18,19,20). The number of nitrogens with one attached hydrogen (secondary N) is 1. The van der Waals surface area contributed by atoms with Crippen LogP contribution in [0.3, 0.4) is 0 Å². The average molecular weight is 353 g/mol. The van der Waals surface area contributed by atoms with Gasteiger partial charge >= 0.3 is 0 Å². The molecule has 2 aliphatic rings. The molecule has 0 radical (unpaired) electrons. The molecule has 116 valence electrons. The first-order valence-electron chi connectivity index (χ1n) is 8.15. The van der Waals surface area contributed by atoms with E-state index in [1.807, 2.05) is 6.07 Å². The van der Waals surface area contributed by atoms with E-state index in [1.54, 1.807) is 0 Å². The van der Waals surface area contributed by atoms with Gasteiger partial charge in [0.15, 0.2) is 0 Å². The van der Waals surface area contributed by atoms with Crippen molar-refractivity contribution in [2.24, 2.45) is 5.92 Å². The van der Waals surface area contributed by atoms with Gasteiger partial charge in [-0.05, 0) is 61.0 Å². The lowest BCUT2D eigenvalue weighted by Crippen LogP contribution is -2.41. The monoisotopic (exact) mass is 352 g/mol. The molecule has 0 saturated carbocycles. The van der Waals surface area contributed by atoms with Crippen LogP contribution in [0.15, 0.2) is 10.7 Å². The number of piperidine rings is 1. The zero-order valence-electron chi connectivity index (χ0n) is 13.0. The topological polar surface area (TPSA) is 41.1 Å². The van der Waals surface area contributed by atoms with Crippen LogP contribution in [0.1, 0.15) is 44.9 Å². The van der Waals surface area contributed by atoms with Crippen molar-refractivity contribution < 1.29 is 0 Å². The molecule has 2 unspecified atom stereocenters. The van der Waals surface area contributed by atoms with Crippen molar-refractivity contribution in [3.05, 3.63) is 16.5 Å². The lowest BCUT2D eigenvalue weighted by Gasteiger charge is -2.36. The molecule has 2 atom stereocenters. The maximum atomic E-state index is 4.61. The fourth-order valence-corrected chi connectivity index (χ4v) is 4.25.